The van der Waals surface area contributed by atoms with Gasteiger partial charge in [-0.1, -0.05) is 17.7 Å². The average molecular weight is 376 g/mol. The monoisotopic (exact) mass is 375 g/mol. The number of benzene rings is 1. The molecule has 0 aliphatic carbocycles. The van der Waals surface area contributed by atoms with Crippen molar-refractivity contribution in [2.75, 3.05) is 31.1 Å². The third kappa shape index (κ3) is 3.53. The lowest BCUT2D eigenvalue weighted by molar-refractivity contribution is 0.173. The first-order valence-electron chi connectivity index (χ1n) is 8.18. The molecule has 8 heteroatoms. The van der Waals surface area contributed by atoms with E-state index in [-0.39, 0.29) is 6.04 Å². The van der Waals surface area contributed by atoms with Gasteiger partial charge in [0.05, 0.1) is 6.04 Å². The van der Waals surface area contributed by atoms with E-state index in [1.54, 1.807) is 11.3 Å². The molecule has 1 fully saturated rings. The maximum atomic E-state index is 6.03. The lowest BCUT2D eigenvalue weighted by Gasteiger charge is -2.36. The molecule has 0 N–H and O–H groups in total. The van der Waals surface area contributed by atoms with Crippen molar-refractivity contribution in [3.8, 4) is 11.5 Å². The molecule has 3 aromatic rings. The first-order valence-corrected chi connectivity index (χ1v) is 9.44. The zero-order valence-electron chi connectivity index (χ0n) is 13.8. The molecule has 0 spiro atoms. The SMILES string of the molecule is CC(c1nnc(-c2cccc(Cl)c2)o1)N1CCN(c2nccs2)CC1. The molecule has 0 bridgehead atoms. The predicted octanol–water partition coefficient (Wildman–Crippen LogP) is 3.73. The molecule has 0 radical (unpaired) electrons. The number of rotatable bonds is 4. The molecule has 1 aromatic carbocycles. The summed E-state index contributed by atoms with van der Waals surface area (Å²) in [6, 6.07) is 7.53. The van der Waals surface area contributed by atoms with Gasteiger partial charge in [0.1, 0.15) is 0 Å². The fourth-order valence-corrected chi connectivity index (χ4v) is 3.86. The molecule has 1 unspecified atom stereocenters. The lowest BCUT2D eigenvalue weighted by atomic mass is 10.2. The highest BCUT2D eigenvalue weighted by molar-refractivity contribution is 7.13. The smallest absolute Gasteiger partial charge is 0.247 e. The largest absolute Gasteiger partial charge is 0.419 e. The molecule has 130 valence electrons. The summed E-state index contributed by atoms with van der Waals surface area (Å²) in [5, 5.41) is 12.2. The van der Waals surface area contributed by atoms with Crippen LogP contribution in [0.15, 0.2) is 40.3 Å². The Morgan fingerprint density at radius 1 is 1.20 bits per heavy atom. The van der Waals surface area contributed by atoms with Crippen molar-refractivity contribution in [2.45, 2.75) is 13.0 Å². The minimum Gasteiger partial charge on any atom is -0.419 e. The Labute approximate surface area is 155 Å². The summed E-state index contributed by atoms with van der Waals surface area (Å²) in [7, 11) is 0. The zero-order valence-corrected chi connectivity index (χ0v) is 15.4. The van der Waals surface area contributed by atoms with Gasteiger partial charge >= 0.3 is 0 Å². The molecule has 1 saturated heterocycles. The van der Waals surface area contributed by atoms with Gasteiger partial charge < -0.3 is 9.32 Å². The molecule has 1 aliphatic rings. The maximum absolute atomic E-state index is 6.03. The van der Waals surface area contributed by atoms with Crippen molar-refractivity contribution in [3.63, 3.8) is 0 Å². The van der Waals surface area contributed by atoms with Crippen molar-refractivity contribution in [1.82, 2.24) is 20.1 Å². The van der Waals surface area contributed by atoms with Crippen LogP contribution in [-0.2, 0) is 0 Å². The number of hydrogen-bond donors (Lipinski definition) is 0. The Kier molecular flexibility index (Phi) is 4.70. The van der Waals surface area contributed by atoms with E-state index >= 15 is 0 Å². The summed E-state index contributed by atoms with van der Waals surface area (Å²) in [6.45, 7) is 5.89. The van der Waals surface area contributed by atoms with Crippen LogP contribution in [0.1, 0.15) is 18.9 Å². The molecular weight excluding hydrogens is 358 g/mol. The highest BCUT2D eigenvalue weighted by atomic mass is 35.5. The van der Waals surface area contributed by atoms with Crippen LogP contribution in [0.2, 0.25) is 5.02 Å². The van der Waals surface area contributed by atoms with Gasteiger partial charge in [-0.3, -0.25) is 4.90 Å². The van der Waals surface area contributed by atoms with Crippen molar-refractivity contribution in [1.29, 1.82) is 0 Å². The van der Waals surface area contributed by atoms with E-state index in [9.17, 15) is 0 Å². The minimum atomic E-state index is 0.0823. The van der Waals surface area contributed by atoms with E-state index in [0.29, 0.717) is 16.8 Å². The summed E-state index contributed by atoms with van der Waals surface area (Å²) in [5.74, 6) is 1.14. The average Bonchev–Trinajstić information content (AvgIpc) is 3.33. The number of aromatic nitrogens is 3. The molecular formula is C17H18ClN5OS. The molecule has 6 nitrogen and oxygen atoms in total. The second kappa shape index (κ2) is 7.11. The molecule has 0 amide bonds. The van der Waals surface area contributed by atoms with E-state index < -0.39 is 0 Å². The lowest BCUT2D eigenvalue weighted by Crippen LogP contribution is -2.47. The fraction of sp³-hybridized carbons (Fsp3) is 0.353. The number of halogens is 1. The fourth-order valence-electron chi connectivity index (χ4n) is 2.97. The van der Waals surface area contributed by atoms with E-state index in [2.05, 4.69) is 31.9 Å². The summed E-state index contributed by atoms with van der Waals surface area (Å²) >= 11 is 7.72. The van der Waals surface area contributed by atoms with Crippen LogP contribution in [0, 0.1) is 0 Å². The number of piperazine rings is 1. The van der Waals surface area contributed by atoms with E-state index in [1.165, 1.54) is 0 Å². The molecule has 1 aliphatic heterocycles. The highest BCUT2D eigenvalue weighted by Crippen LogP contribution is 2.27. The van der Waals surface area contributed by atoms with Crippen LogP contribution in [-0.4, -0.2) is 46.3 Å². The Balaban J connectivity index is 1.43. The number of thiazole rings is 1. The minimum absolute atomic E-state index is 0.0823. The quantitative estimate of drug-likeness (QED) is 0.692. The zero-order chi connectivity index (χ0) is 17.2. The van der Waals surface area contributed by atoms with Crippen molar-refractivity contribution in [3.05, 3.63) is 46.8 Å². The second-order valence-corrected chi connectivity index (χ2v) is 7.28. The molecule has 0 saturated carbocycles. The van der Waals surface area contributed by atoms with Crippen LogP contribution in [0.4, 0.5) is 5.13 Å². The topological polar surface area (TPSA) is 58.3 Å². The third-order valence-corrected chi connectivity index (χ3v) is 5.49. The summed E-state index contributed by atoms with van der Waals surface area (Å²) in [4.78, 5) is 9.07. The highest BCUT2D eigenvalue weighted by Gasteiger charge is 2.26. The molecule has 4 rings (SSSR count). The Morgan fingerprint density at radius 2 is 2.04 bits per heavy atom. The first-order chi connectivity index (χ1) is 12.2. The van der Waals surface area contributed by atoms with E-state index in [1.807, 2.05) is 35.8 Å². The van der Waals surface area contributed by atoms with Crippen molar-refractivity contribution in [2.24, 2.45) is 0 Å². The molecule has 2 aromatic heterocycles. The van der Waals surface area contributed by atoms with Gasteiger partial charge in [-0.15, -0.1) is 21.5 Å². The van der Waals surface area contributed by atoms with Gasteiger partial charge in [0.25, 0.3) is 0 Å². The van der Waals surface area contributed by atoms with Gasteiger partial charge in [-0.2, -0.15) is 0 Å². The van der Waals surface area contributed by atoms with Crippen LogP contribution >= 0.6 is 22.9 Å². The van der Waals surface area contributed by atoms with Gasteiger partial charge in [-0.25, -0.2) is 4.98 Å². The molecule has 3 heterocycles. The Morgan fingerprint density at radius 3 is 2.76 bits per heavy atom. The van der Waals surface area contributed by atoms with Crippen molar-refractivity contribution >= 4 is 28.1 Å². The standard InChI is InChI=1S/C17H18ClN5OS/c1-12(22-6-8-23(9-7-22)17-19-5-10-25-17)15-20-21-16(24-15)13-3-2-4-14(18)11-13/h2-5,10-12H,6-9H2,1H3. The summed E-state index contributed by atoms with van der Waals surface area (Å²) < 4.78 is 5.89. The predicted molar refractivity (Wildman–Crippen MR) is 99.1 cm³/mol. The van der Waals surface area contributed by atoms with E-state index in [4.69, 9.17) is 16.0 Å². The third-order valence-electron chi connectivity index (χ3n) is 4.42. The molecule has 1 atom stereocenters. The number of nitrogens with zero attached hydrogens (tertiary/aromatic N) is 5. The maximum Gasteiger partial charge on any atom is 0.247 e. The van der Waals surface area contributed by atoms with Gasteiger partial charge in [0.15, 0.2) is 5.13 Å². The van der Waals surface area contributed by atoms with Crippen LogP contribution < -0.4 is 4.90 Å². The summed E-state index contributed by atoms with van der Waals surface area (Å²) in [5.41, 5.74) is 0.840. The normalized spacial score (nSPS) is 17.0. The Hall–Kier alpha value is -1.96. The first kappa shape index (κ1) is 16.5. The van der Waals surface area contributed by atoms with Crippen molar-refractivity contribution < 1.29 is 4.42 Å². The van der Waals surface area contributed by atoms with Gasteiger partial charge in [-0.05, 0) is 25.1 Å². The number of hydrogen-bond acceptors (Lipinski definition) is 7. The van der Waals surface area contributed by atoms with Gasteiger partial charge in [0.2, 0.25) is 11.8 Å². The van der Waals surface area contributed by atoms with Crippen LogP contribution in [0.25, 0.3) is 11.5 Å². The number of anilines is 1. The summed E-state index contributed by atoms with van der Waals surface area (Å²) in [6.07, 6.45) is 1.85. The Bertz CT molecular complexity index is 829. The van der Waals surface area contributed by atoms with E-state index in [0.717, 1.165) is 36.9 Å². The van der Waals surface area contributed by atoms with Crippen LogP contribution in [0.3, 0.4) is 0 Å². The molecule has 25 heavy (non-hydrogen) atoms. The van der Waals surface area contributed by atoms with Crippen LogP contribution in [0.5, 0.6) is 0 Å². The second-order valence-electron chi connectivity index (χ2n) is 5.97. The van der Waals surface area contributed by atoms with Gasteiger partial charge in [0, 0.05) is 48.3 Å².